The third-order valence-electron chi connectivity index (χ3n) is 5.40. The number of sulfonamides is 1. The number of aromatic nitrogens is 3. The minimum atomic E-state index is -3.42. The second-order valence-electron chi connectivity index (χ2n) is 7.02. The van der Waals surface area contributed by atoms with E-state index in [0.29, 0.717) is 15.9 Å². The van der Waals surface area contributed by atoms with Crippen molar-refractivity contribution < 1.29 is 12.9 Å². The van der Waals surface area contributed by atoms with Crippen LogP contribution in [0.15, 0.2) is 50.8 Å². The number of fused-ring (bicyclic) bond motifs is 2. The van der Waals surface area contributed by atoms with E-state index in [1.807, 2.05) is 12.1 Å². The van der Waals surface area contributed by atoms with Gasteiger partial charge in [0, 0.05) is 36.0 Å². The lowest BCUT2D eigenvalue weighted by molar-refractivity contribution is 0.202. The average Bonchev–Trinajstić information content (AvgIpc) is 3.42. The molecule has 27 heavy (non-hydrogen) atoms. The molecule has 0 aliphatic carbocycles. The minimum Gasteiger partial charge on any atom is -0.339 e. The topological polar surface area (TPSA) is 89.2 Å². The first kappa shape index (κ1) is 17.0. The number of hydrogen-bond acceptors (Lipinski definition) is 7. The molecule has 2 aliphatic heterocycles. The molecular formula is C18H18N4O3S2. The van der Waals surface area contributed by atoms with E-state index in [0.717, 1.165) is 31.2 Å². The number of thiophene rings is 1. The predicted molar refractivity (Wildman–Crippen MR) is 99.7 cm³/mol. The van der Waals surface area contributed by atoms with E-state index in [1.165, 1.54) is 11.3 Å². The molecule has 7 nitrogen and oxygen atoms in total. The van der Waals surface area contributed by atoms with Gasteiger partial charge >= 0.3 is 0 Å². The maximum absolute atomic E-state index is 13.0. The van der Waals surface area contributed by atoms with Crippen molar-refractivity contribution in [3.8, 4) is 11.4 Å². The van der Waals surface area contributed by atoms with Crippen LogP contribution in [-0.4, -0.2) is 39.9 Å². The van der Waals surface area contributed by atoms with Crippen LogP contribution in [0.2, 0.25) is 0 Å². The SMILES string of the molecule is O=S(=O)(c1cccs1)N1C2CCC1CC(c1nc(-c3cccnc3)no1)C2. The lowest BCUT2D eigenvalue weighted by Crippen LogP contribution is -2.45. The molecule has 0 spiro atoms. The highest BCUT2D eigenvalue weighted by Crippen LogP contribution is 2.45. The Morgan fingerprint density at radius 1 is 1.15 bits per heavy atom. The van der Waals surface area contributed by atoms with E-state index in [9.17, 15) is 8.42 Å². The van der Waals surface area contributed by atoms with E-state index in [-0.39, 0.29) is 18.0 Å². The van der Waals surface area contributed by atoms with Crippen LogP contribution in [0.3, 0.4) is 0 Å². The van der Waals surface area contributed by atoms with Crippen LogP contribution in [0.1, 0.15) is 37.5 Å². The Labute approximate surface area is 161 Å². The zero-order chi connectivity index (χ0) is 18.4. The summed E-state index contributed by atoms with van der Waals surface area (Å²) in [5.74, 6) is 1.22. The number of piperidine rings is 1. The molecule has 2 atom stereocenters. The molecule has 140 valence electrons. The monoisotopic (exact) mass is 402 g/mol. The summed E-state index contributed by atoms with van der Waals surface area (Å²) in [6.07, 6.45) is 6.61. The zero-order valence-electron chi connectivity index (χ0n) is 14.4. The Hall–Kier alpha value is -2.10. The van der Waals surface area contributed by atoms with Gasteiger partial charge in [0.05, 0.1) is 0 Å². The fraction of sp³-hybridized carbons (Fsp3) is 0.389. The van der Waals surface area contributed by atoms with Crippen molar-refractivity contribution in [3.63, 3.8) is 0 Å². The van der Waals surface area contributed by atoms with E-state index in [1.54, 1.807) is 34.2 Å². The van der Waals surface area contributed by atoms with Gasteiger partial charge in [-0.3, -0.25) is 4.98 Å². The summed E-state index contributed by atoms with van der Waals surface area (Å²) in [6, 6.07) is 7.18. The van der Waals surface area contributed by atoms with Gasteiger partial charge in [0.2, 0.25) is 11.7 Å². The molecule has 9 heteroatoms. The van der Waals surface area contributed by atoms with Gasteiger partial charge in [-0.25, -0.2) is 8.42 Å². The molecule has 0 aromatic carbocycles. The molecule has 2 fully saturated rings. The highest BCUT2D eigenvalue weighted by molar-refractivity contribution is 7.91. The number of pyridine rings is 1. The van der Waals surface area contributed by atoms with Crippen molar-refractivity contribution in [2.45, 2.75) is 47.9 Å². The Morgan fingerprint density at radius 2 is 1.96 bits per heavy atom. The molecule has 2 bridgehead atoms. The maximum Gasteiger partial charge on any atom is 0.253 e. The smallest absolute Gasteiger partial charge is 0.253 e. The molecule has 2 aliphatic rings. The lowest BCUT2D eigenvalue weighted by Gasteiger charge is -2.36. The van der Waals surface area contributed by atoms with Crippen LogP contribution in [-0.2, 0) is 10.0 Å². The van der Waals surface area contributed by atoms with Crippen molar-refractivity contribution in [2.24, 2.45) is 0 Å². The summed E-state index contributed by atoms with van der Waals surface area (Å²) in [6.45, 7) is 0. The van der Waals surface area contributed by atoms with E-state index in [4.69, 9.17) is 4.52 Å². The van der Waals surface area contributed by atoms with Crippen LogP contribution >= 0.6 is 11.3 Å². The summed E-state index contributed by atoms with van der Waals surface area (Å²) in [5, 5.41) is 5.89. The van der Waals surface area contributed by atoms with Gasteiger partial charge in [0.1, 0.15) is 4.21 Å². The van der Waals surface area contributed by atoms with Crippen LogP contribution in [0.4, 0.5) is 0 Å². The van der Waals surface area contributed by atoms with Crippen LogP contribution in [0.25, 0.3) is 11.4 Å². The number of hydrogen-bond donors (Lipinski definition) is 0. The summed E-state index contributed by atoms with van der Waals surface area (Å²) in [4.78, 5) is 8.64. The van der Waals surface area contributed by atoms with Crippen LogP contribution in [0, 0.1) is 0 Å². The third-order valence-corrected chi connectivity index (χ3v) is 8.78. The molecule has 2 unspecified atom stereocenters. The molecule has 5 heterocycles. The maximum atomic E-state index is 13.0. The molecule has 0 amide bonds. The molecule has 0 N–H and O–H groups in total. The van der Waals surface area contributed by atoms with Crippen molar-refractivity contribution in [1.29, 1.82) is 0 Å². The molecule has 3 aromatic rings. The second-order valence-corrected chi connectivity index (χ2v) is 10.0. The zero-order valence-corrected chi connectivity index (χ0v) is 16.1. The number of nitrogens with zero attached hydrogens (tertiary/aromatic N) is 4. The van der Waals surface area contributed by atoms with Gasteiger partial charge in [-0.05, 0) is 49.3 Å². The highest BCUT2D eigenvalue weighted by atomic mass is 32.2. The molecule has 5 rings (SSSR count). The van der Waals surface area contributed by atoms with Crippen molar-refractivity contribution in [2.75, 3.05) is 0 Å². The van der Waals surface area contributed by atoms with Gasteiger partial charge in [-0.2, -0.15) is 9.29 Å². The first-order valence-corrected chi connectivity index (χ1v) is 11.3. The Balaban J connectivity index is 1.39. The largest absolute Gasteiger partial charge is 0.339 e. The van der Waals surface area contributed by atoms with Gasteiger partial charge in [0.25, 0.3) is 10.0 Å². The highest BCUT2D eigenvalue weighted by Gasteiger charge is 2.48. The molecule has 2 saturated heterocycles. The standard InChI is InChI=1S/C18H18N4O3S2/c23-27(24,16-4-2-8-26-16)22-14-5-6-15(22)10-13(9-14)18-20-17(21-25-18)12-3-1-7-19-11-12/h1-4,7-8,11,13-15H,5-6,9-10H2. The lowest BCUT2D eigenvalue weighted by atomic mass is 9.92. The average molecular weight is 403 g/mol. The van der Waals surface area contributed by atoms with E-state index in [2.05, 4.69) is 15.1 Å². The third kappa shape index (κ3) is 2.90. The van der Waals surface area contributed by atoms with Crippen LogP contribution < -0.4 is 0 Å². The number of rotatable bonds is 4. The Kier molecular flexibility index (Phi) is 4.10. The molecule has 3 aromatic heterocycles. The minimum absolute atomic E-state index is 0.00501. The molecule has 0 saturated carbocycles. The summed E-state index contributed by atoms with van der Waals surface area (Å²) >= 11 is 1.28. The van der Waals surface area contributed by atoms with Gasteiger partial charge in [0.15, 0.2) is 0 Å². The van der Waals surface area contributed by atoms with Crippen molar-refractivity contribution in [3.05, 3.63) is 47.9 Å². The van der Waals surface area contributed by atoms with Gasteiger partial charge < -0.3 is 4.52 Å². The summed E-state index contributed by atoms with van der Waals surface area (Å²) < 4.78 is 33.7. The normalized spacial score (nSPS) is 25.7. The van der Waals surface area contributed by atoms with Crippen LogP contribution in [0.5, 0.6) is 0 Å². The van der Waals surface area contributed by atoms with Gasteiger partial charge in [-0.1, -0.05) is 11.2 Å². The summed E-state index contributed by atoms with van der Waals surface area (Å²) in [7, 11) is -3.42. The molecular weight excluding hydrogens is 384 g/mol. The first-order chi connectivity index (χ1) is 13.1. The molecule has 0 radical (unpaired) electrons. The van der Waals surface area contributed by atoms with E-state index >= 15 is 0 Å². The van der Waals surface area contributed by atoms with Crippen molar-refractivity contribution in [1.82, 2.24) is 19.4 Å². The van der Waals surface area contributed by atoms with Gasteiger partial charge in [-0.15, -0.1) is 11.3 Å². The van der Waals surface area contributed by atoms with Crippen molar-refractivity contribution >= 4 is 21.4 Å². The van der Waals surface area contributed by atoms with E-state index < -0.39 is 10.0 Å². The Bertz CT molecular complexity index is 1020. The Morgan fingerprint density at radius 3 is 2.63 bits per heavy atom. The fourth-order valence-electron chi connectivity index (χ4n) is 4.26. The quantitative estimate of drug-likeness (QED) is 0.665. The summed E-state index contributed by atoms with van der Waals surface area (Å²) in [5.41, 5.74) is 0.813. The predicted octanol–water partition coefficient (Wildman–Crippen LogP) is 3.29. The second kappa shape index (κ2) is 6.50. The first-order valence-electron chi connectivity index (χ1n) is 8.94. The fourth-order valence-corrected chi connectivity index (χ4v) is 7.24.